The van der Waals surface area contributed by atoms with E-state index in [9.17, 15) is 4.79 Å². The molecule has 17 heavy (non-hydrogen) atoms. The average molecular weight is 243 g/mol. The number of likely N-dealkylation sites (tertiary alicyclic amines) is 1. The molecule has 0 aliphatic carbocycles. The molecule has 4 nitrogen and oxygen atoms in total. The van der Waals surface area contributed by atoms with E-state index in [1.54, 1.807) is 0 Å². The molecule has 1 atom stereocenters. The zero-order valence-electron chi connectivity index (χ0n) is 10.6. The van der Waals surface area contributed by atoms with Gasteiger partial charge < -0.3 is 15.1 Å². The summed E-state index contributed by atoms with van der Waals surface area (Å²) in [6, 6.07) is 0. The van der Waals surface area contributed by atoms with Crippen LogP contribution in [0.1, 0.15) is 44.9 Å². The van der Waals surface area contributed by atoms with E-state index in [2.05, 4.69) is 4.90 Å². The number of hydrogen-bond acceptors (Lipinski definition) is 3. The number of hydrogen-bond donors (Lipinski definition) is 2. The summed E-state index contributed by atoms with van der Waals surface area (Å²) in [5.41, 5.74) is 0. The molecule has 0 saturated carbocycles. The summed E-state index contributed by atoms with van der Waals surface area (Å²) in [4.78, 5) is 12.8. The second-order valence-electron chi connectivity index (χ2n) is 5.03. The van der Waals surface area contributed by atoms with Crippen LogP contribution in [0.25, 0.3) is 0 Å². The Morgan fingerprint density at radius 2 is 2.12 bits per heavy atom. The lowest BCUT2D eigenvalue weighted by Gasteiger charge is -2.32. The molecule has 4 heteroatoms. The van der Waals surface area contributed by atoms with Crippen molar-refractivity contribution in [3.63, 3.8) is 0 Å². The third-order valence-corrected chi connectivity index (χ3v) is 3.51. The highest BCUT2D eigenvalue weighted by atomic mass is 16.4. The predicted molar refractivity (Wildman–Crippen MR) is 67.0 cm³/mol. The van der Waals surface area contributed by atoms with Crippen LogP contribution in [0, 0.1) is 5.92 Å². The van der Waals surface area contributed by atoms with Crippen LogP contribution in [0.15, 0.2) is 0 Å². The summed E-state index contributed by atoms with van der Waals surface area (Å²) in [7, 11) is 0. The normalized spacial score (nSPS) is 21.6. The second kappa shape index (κ2) is 8.48. The smallest absolute Gasteiger partial charge is 0.303 e. The van der Waals surface area contributed by atoms with Gasteiger partial charge in [0.25, 0.3) is 0 Å². The molecule has 0 bridgehead atoms. The molecule has 1 aliphatic heterocycles. The van der Waals surface area contributed by atoms with Crippen molar-refractivity contribution in [2.45, 2.75) is 44.9 Å². The fraction of sp³-hybridized carbons (Fsp3) is 0.923. The minimum absolute atomic E-state index is 0.299. The van der Waals surface area contributed by atoms with Gasteiger partial charge in [-0.05, 0) is 51.1 Å². The topological polar surface area (TPSA) is 60.8 Å². The maximum atomic E-state index is 10.3. The Bertz CT molecular complexity index is 219. The van der Waals surface area contributed by atoms with Crippen LogP contribution in [-0.4, -0.2) is 47.3 Å². The van der Waals surface area contributed by atoms with Gasteiger partial charge in [-0.25, -0.2) is 0 Å². The van der Waals surface area contributed by atoms with E-state index in [1.807, 2.05) is 0 Å². The summed E-state index contributed by atoms with van der Waals surface area (Å²) >= 11 is 0. The number of aliphatic hydroxyl groups is 1. The number of carboxylic acids is 1. The van der Waals surface area contributed by atoms with Crippen molar-refractivity contribution in [2.75, 3.05) is 26.2 Å². The van der Waals surface area contributed by atoms with Crippen molar-refractivity contribution in [1.29, 1.82) is 0 Å². The van der Waals surface area contributed by atoms with Crippen LogP contribution in [0.3, 0.4) is 0 Å². The molecule has 1 saturated heterocycles. The number of rotatable bonds is 8. The van der Waals surface area contributed by atoms with Crippen LogP contribution in [0.5, 0.6) is 0 Å². The number of piperidine rings is 1. The van der Waals surface area contributed by atoms with E-state index in [1.165, 1.54) is 19.4 Å². The second-order valence-corrected chi connectivity index (χ2v) is 5.03. The highest BCUT2D eigenvalue weighted by Crippen LogP contribution is 2.19. The molecule has 0 aromatic rings. The molecule has 0 aromatic carbocycles. The summed E-state index contributed by atoms with van der Waals surface area (Å²) in [5.74, 6) is -0.0289. The highest BCUT2D eigenvalue weighted by Gasteiger charge is 2.18. The van der Waals surface area contributed by atoms with E-state index >= 15 is 0 Å². The largest absolute Gasteiger partial charge is 0.481 e. The molecule has 2 N–H and O–H groups in total. The van der Waals surface area contributed by atoms with Crippen molar-refractivity contribution in [3.8, 4) is 0 Å². The van der Waals surface area contributed by atoms with Gasteiger partial charge >= 0.3 is 5.97 Å². The first-order chi connectivity index (χ1) is 8.22. The maximum Gasteiger partial charge on any atom is 0.303 e. The Balaban J connectivity index is 2.04. The molecule has 1 heterocycles. The van der Waals surface area contributed by atoms with Crippen molar-refractivity contribution in [2.24, 2.45) is 5.92 Å². The number of aliphatic carboxylic acids is 1. The van der Waals surface area contributed by atoms with Crippen LogP contribution < -0.4 is 0 Å². The molecular formula is C13H25NO3. The van der Waals surface area contributed by atoms with Gasteiger partial charge in [0.2, 0.25) is 0 Å². The zero-order chi connectivity index (χ0) is 12.5. The first-order valence-electron chi connectivity index (χ1n) is 6.77. The van der Waals surface area contributed by atoms with E-state index < -0.39 is 5.97 Å². The summed E-state index contributed by atoms with van der Waals surface area (Å²) in [5, 5.41) is 17.4. The van der Waals surface area contributed by atoms with Gasteiger partial charge in [0.05, 0.1) is 0 Å². The summed E-state index contributed by atoms with van der Waals surface area (Å²) in [6.07, 6.45) is 6.61. The highest BCUT2D eigenvalue weighted by molar-refractivity contribution is 5.66. The Hall–Kier alpha value is -0.610. The first kappa shape index (κ1) is 14.5. The maximum absolute atomic E-state index is 10.3. The molecule has 1 fully saturated rings. The summed E-state index contributed by atoms with van der Waals surface area (Å²) in [6.45, 7) is 3.67. The molecule has 1 rings (SSSR count). The molecule has 0 amide bonds. The van der Waals surface area contributed by atoms with Crippen LogP contribution >= 0.6 is 0 Å². The number of carboxylic acid groups (broad SMARTS) is 1. The van der Waals surface area contributed by atoms with E-state index in [0.717, 1.165) is 38.8 Å². The quantitative estimate of drug-likeness (QED) is 0.637. The number of unbranched alkanes of at least 4 members (excludes halogenated alkanes) is 2. The fourth-order valence-electron chi connectivity index (χ4n) is 2.56. The van der Waals surface area contributed by atoms with Crippen molar-refractivity contribution < 1.29 is 15.0 Å². The van der Waals surface area contributed by atoms with Gasteiger partial charge in [-0.1, -0.05) is 6.42 Å². The monoisotopic (exact) mass is 243 g/mol. The Kier molecular flexibility index (Phi) is 7.21. The minimum Gasteiger partial charge on any atom is -0.481 e. The van der Waals surface area contributed by atoms with Gasteiger partial charge in [0, 0.05) is 19.6 Å². The molecule has 1 aliphatic rings. The fourth-order valence-corrected chi connectivity index (χ4v) is 2.56. The van der Waals surface area contributed by atoms with E-state index in [-0.39, 0.29) is 0 Å². The van der Waals surface area contributed by atoms with Crippen LogP contribution in [-0.2, 0) is 4.79 Å². The van der Waals surface area contributed by atoms with Gasteiger partial charge in [0.15, 0.2) is 0 Å². The predicted octanol–water partition coefficient (Wildman–Crippen LogP) is 1.73. The van der Waals surface area contributed by atoms with Crippen molar-refractivity contribution in [3.05, 3.63) is 0 Å². The molecule has 100 valence electrons. The van der Waals surface area contributed by atoms with Gasteiger partial charge in [0.1, 0.15) is 0 Å². The molecule has 0 spiro atoms. The molecule has 1 unspecified atom stereocenters. The van der Waals surface area contributed by atoms with Crippen molar-refractivity contribution in [1.82, 2.24) is 4.90 Å². The summed E-state index contributed by atoms with van der Waals surface area (Å²) < 4.78 is 0. The molecule has 0 aromatic heterocycles. The lowest BCUT2D eigenvalue weighted by atomic mass is 9.95. The Morgan fingerprint density at radius 3 is 2.82 bits per heavy atom. The van der Waals surface area contributed by atoms with Gasteiger partial charge in [-0.3, -0.25) is 4.79 Å². The van der Waals surface area contributed by atoms with E-state index in [4.69, 9.17) is 10.2 Å². The molecular weight excluding hydrogens is 218 g/mol. The standard InChI is InChI=1S/C13H25NO3/c15-10-7-12-5-4-9-14(11-12)8-3-1-2-6-13(16)17/h12,15H,1-11H2,(H,16,17). The number of nitrogens with zero attached hydrogens (tertiary/aromatic N) is 1. The Morgan fingerprint density at radius 1 is 1.29 bits per heavy atom. The van der Waals surface area contributed by atoms with Crippen LogP contribution in [0.2, 0.25) is 0 Å². The number of aliphatic hydroxyl groups excluding tert-OH is 1. The van der Waals surface area contributed by atoms with Gasteiger partial charge in [-0.15, -0.1) is 0 Å². The SMILES string of the molecule is O=C(O)CCCCCN1CCCC(CCO)C1. The third-order valence-electron chi connectivity index (χ3n) is 3.51. The lowest BCUT2D eigenvalue weighted by Crippen LogP contribution is -2.36. The van der Waals surface area contributed by atoms with Gasteiger partial charge in [-0.2, -0.15) is 0 Å². The first-order valence-corrected chi connectivity index (χ1v) is 6.77. The average Bonchev–Trinajstić information content (AvgIpc) is 2.29. The Labute approximate surface area is 104 Å². The third kappa shape index (κ3) is 6.64. The van der Waals surface area contributed by atoms with Crippen LogP contribution in [0.4, 0.5) is 0 Å². The zero-order valence-corrected chi connectivity index (χ0v) is 10.6. The number of carbonyl (C=O) groups is 1. The minimum atomic E-state index is -0.689. The van der Waals surface area contributed by atoms with E-state index in [0.29, 0.717) is 18.9 Å². The lowest BCUT2D eigenvalue weighted by molar-refractivity contribution is -0.137. The van der Waals surface area contributed by atoms with Crippen molar-refractivity contribution >= 4 is 5.97 Å². The molecule has 0 radical (unpaired) electrons.